The number of carbonyl (C=O) groups is 1. The van der Waals surface area contributed by atoms with Crippen LogP contribution in [-0.2, 0) is 6.54 Å². The van der Waals surface area contributed by atoms with Crippen molar-refractivity contribution in [2.24, 2.45) is 5.73 Å². The second kappa shape index (κ2) is 6.31. The second-order valence-electron chi connectivity index (χ2n) is 3.83. The van der Waals surface area contributed by atoms with Gasteiger partial charge >= 0.3 is 0 Å². The lowest BCUT2D eigenvalue weighted by molar-refractivity contribution is 0.100. The summed E-state index contributed by atoms with van der Waals surface area (Å²) < 4.78 is 0. The van der Waals surface area contributed by atoms with Crippen molar-refractivity contribution in [3.8, 4) is 0 Å². The molecule has 0 aliphatic rings. The summed E-state index contributed by atoms with van der Waals surface area (Å²) in [6.45, 7) is 0.697. The predicted octanol–water partition coefficient (Wildman–Crippen LogP) is 2.33. The van der Waals surface area contributed by atoms with Gasteiger partial charge in [-0.05, 0) is 47.9 Å². The largest absolute Gasteiger partial charge is 0.366 e. The monoisotopic (exact) mass is 291 g/mol. The summed E-state index contributed by atoms with van der Waals surface area (Å²) in [6.07, 6.45) is 0. The van der Waals surface area contributed by atoms with E-state index < -0.39 is 5.91 Å². The average Bonchev–Trinajstić information content (AvgIpc) is 2.90. The Hall–Kier alpha value is -1.92. The van der Waals surface area contributed by atoms with Gasteiger partial charge in [0.2, 0.25) is 5.91 Å². The smallest absolute Gasteiger partial charge is 0.248 e. The SMILES string of the molecule is NC(=O)c1ccc(NC(=S)NCc2cccs2)cc1. The second-order valence-corrected chi connectivity index (χ2v) is 5.27. The average molecular weight is 291 g/mol. The highest BCUT2D eigenvalue weighted by molar-refractivity contribution is 7.80. The number of thiophene rings is 1. The van der Waals surface area contributed by atoms with E-state index in [1.165, 1.54) is 4.88 Å². The fraction of sp³-hybridized carbons (Fsp3) is 0.0769. The quantitative estimate of drug-likeness (QED) is 0.756. The van der Waals surface area contributed by atoms with Crippen LogP contribution in [0.4, 0.5) is 5.69 Å². The summed E-state index contributed by atoms with van der Waals surface area (Å²) >= 11 is 6.86. The number of nitrogens with one attached hydrogen (secondary N) is 2. The molecule has 6 heteroatoms. The molecule has 0 saturated heterocycles. The zero-order valence-corrected chi connectivity index (χ0v) is 11.7. The topological polar surface area (TPSA) is 67.2 Å². The van der Waals surface area contributed by atoms with Gasteiger partial charge in [-0.1, -0.05) is 6.07 Å². The lowest BCUT2D eigenvalue weighted by Crippen LogP contribution is -2.27. The first-order valence-corrected chi connectivity index (χ1v) is 6.91. The summed E-state index contributed by atoms with van der Waals surface area (Å²) in [5.74, 6) is -0.440. The van der Waals surface area contributed by atoms with E-state index in [0.29, 0.717) is 17.2 Å². The fourth-order valence-corrected chi connectivity index (χ4v) is 2.31. The molecular weight excluding hydrogens is 278 g/mol. The van der Waals surface area contributed by atoms with E-state index in [2.05, 4.69) is 10.6 Å². The van der Waals surface area contributed by atoms with E-state index >= 15 is 0 Å². The highest BCUT2D eigenvalue weighted by Crippen LogP contribution is 2.10. The van der Waals surface area contributed by atoms with Crippen LogP contribution in [-0.4, -0.2) is 11.0 Å². The molecule has 0 spiro atoms. The summed E-state index contributed by atoms with van der Waals surface area (Å²) in [6, 6.07) is 10.9. The van der Waals surface area contributed by atoms with Crippen LogP contribution in [0.5, 0.6) is 0 Å². The molecule has 1 amide bonds. The van der Waals surface area contributed by atoms with Crippen LogP contribution >= 0.6 is 23.6 Å². The molecule has 0 bridgehead atoms. The number of amides is 1. The van der Waals surface area contributed by atoms with Gasteiger partial charge in [0.05, 0.1) is 6.54 Å². The van der Waals surface area contributed by atoms with Crippen LogP contribution in [0, 0.1) is 0 Å². The van der Waals surface area contributed by atoms with Gasteiger partial charge in [0, 0.05) is 16.1 Å². The number of rotatable bonds is 4. The van der Waals surface area contributed by atoms with Crippen LogP contribution in [0.2, 0.25) is 0 Å². The lowest BCUT2D eigenvalue weighted by Gasteiger charge is -2.09. The fourth-order valence-electron chi connectivity index (χ4n) is 1.47. The third-order valence-corrected chi connectivity index (χ3v) is 3.55. The highest BCUT2D eigenvalue weighted by atomic mass is 32.1. The first-order valence-electron chi connectivity index (χ1n) is 5.62. The molecule has 0 aliphatic carbocycles. The first kappa shape index (κ1) is 13.5. The standard InChI is InChI=1S/C13H13N3OS2/c14-12(17)9-3-5-10(6-4-9)16-13(18)15-8-11-2-1-7-19-11/h1-7H,8H2,(H2,14,17)(H2,15,16,18). The van der Waals surface area contributed by atoms with Gasteiger partial charge in [-0.2, -0.15) is 0 Å². The van der Waals surface area contributed by atoms with E-state index in [4.69, 9.17) is 18.0 Å². The molecule has 2 aromatic rings. The zero-order chi connectivity index (χ0) is 13.7. The van der Waals surface area contributed by atoms with Gasteiger partial charge in [0.1, 0.15) is 0 Å². The van der Waals surface area contributed by atoms with Crippen molar-refractivity contribution in [2.45, 2.75) is 6.54 Å². The van der Waals surface area contributed by atoms with Crippen LogP contribution < -0.4 is 16.4 Å². The maximum Gasteiger partial charge on any atom is 0.248 e. The summed E-state index contributed by atoms with van der Waals surface area (Å²) in [7, 11) is 0. The van der Waals surface area contributed by atoms with Gasteiger partial charge in [0.25, 0.3) is 0 Å². The van der Waals surface area contributed by atoms with E-state index in [0.717, 1.165) is 5.69 Å². The van der Waals surface area contributed by atoms with E-state index in [-0.39, 0.29) is 0 Å². The maximum absolute atomic E-state index is 10.9. The molecular formula is C13H13N3OS2. The Morgan fingerprint density at radius 2 is 2.00 bits per heavy atom. The van der Waals surface area contributed by atoms with Gasteiger partial charge in [-0.3, -0.25) is 4.79 Å². The van der Waals surface area contributed by atoms with Crippen molar-refractivity contribution in [1.29, 1.82) is 0 Å². The number of carbonyl (C=O) groups excluding carboxylic acids is 1. The van der Waals surface area contributed by atoms with Crippen LogP contribution in [0.15, 0.2) is 41.8 Å². The Morgan fingerprint density at radius 3 is 2.58 bits per heavy atom. The molecule has 0 radical (unpaired) electrons. The molecule has 0 fully saturated rings. The Morgan fingerprint density at radius 1 is 1.26 bits per heavy atom. The van der Waals surface area contributed by atoms with Crippen LogP contribution in [0.3, 0.4) is 0 Å². The predicted molar refractivity (Wildman–Crippen MR) is 82.3 cm³/mol. The van der Waals surface area contributed by atoms with Gasteiger partial charge in [-0.15, -0.1) is 11.3 Å². The molecule has 2 rings (SSSR count). The molecule has 0 atom stereocenters. The minimum atomic E-state index is -0.440. The zero-order valence-electron chi connectivity index (χ0n) is 10.1. The first-order chi connectivity index (χ1) is 9.15. The molecule has 4 N–H and O–H groups in total. The van der Waals surface area contributed by atoms with Gasteiger partial charge in [0.15, 0.2) is 5.11 Å². The molecule has 1 heterocycles. The van der Waals surface area contributed by atoms with Crippen molar-refractivity contribution in [2.75, 3.05) is 5.32 Å². The summed E-state index contributed by atoms with van der Waals surface area (Å²) in [4.78, 5) is 12.1. The molecule has 98 valence electrons. The maximum atomic E-state index is 10.9. The number of primary amides is 1. The van der Waals surface area contributed by atoms with Crippen LogP contribution in [0.25, 0.3) is 0 Å². The molecule has 1 aromatic carbocycles. The molecule has 0 saturated carbocycles. The molecule has 0 aliphatic heterocycles. The van der Waals surface area contributed by atoms with Crippen molar-refractivity contribution in [3.63, 3.8) is 0 Å². The number of thiocarbonyl (C=S) groups is 1. The highest BCUT2D eigenvalue weighted by Gasteiger charge is 2.01. The number of benzene rings is 1. The molecule has 0 unspecified atom stereocenters. The van der Waals surface area contributed by atoms with Crippen molar-refractivity contribution in [3.05, 3.63) is 52.2 Å². The summed E-state index contributed by atoms with van der Waals surface area (Å²) in [5, 5.41) is 8.72. The third kappa shape index (κ3) is 4.04. The third-order valence-electron chi connectivity index (χ3n) is 2.43. The summed E-state index contributed by atoms with van der Waals surface area (Å²) in [5.41, 5.74) is 6.46. The van der Waals surface area contributed by atoms with Crippen molar-refractivity contribution >= 4 is 40.3 Å². The number of anilines is 1. The van der Waals surface area contributed by atoms with E-state index in [1.807, 2.05) is 17.5 Å². The molecule has 1 aromatic heterocycles. The Balaban J connectivity index is 1.86. The van der Waals surface area contributed by atoms with Gasteiger partial charge < -0.3 is 16.4 Å². The van der Waals surface area contributed by atoms with Crippen molar-refractivity contribution < 1.29 is 4.79 Å². The minimum Gasteiger partial charge on any atom is -0.366 e. The van der Waals surface area contributed by atoms with Gasteiger partial charge in [-0.25, -0.2) is 0 Å². The van der Waals surface area contributed by atoms with Crippen LogP contribution in [0.1, 0.15) is 15.2 Å². The molecule has 19 heavy (non-hydrogen) atoms. The Labute approximate surface area is 120 Å². The number of nitrogens with two attached hydrogens (primary N) is 1. The lowest BCUT2D eigenvalue weighted by atomic mass is 10.2. The van der Waals surface area contributed by atoms with Crippen molar-refractivity contribution in [1.82, 2.24) is 5.32 Å². The number of hydrogen-bond acceptors (Lipinski definition) is 3. The number of hydrogen-bond donors (Lipinski definition) is 3. The Kier molecular flexibility index (Phi) is 4.48. The van der Waals surface area contributed by atoms with E-state index in [1.54, 1.807) is 35.6 Å². The minimum absolute atomic E-state index is 0.440. The Bertz CT molecular complexity index is 564. The molecule has 4 nitrogen and oxygen atoms in total. The normalized spacial score (nSPS) is 9.89. The van der Waals surface area contributed by atoms with E-state index in [9.17, 15) is 4.79 Å².